The fraction of sp³-hybridized carbons (Fsp3) is 0.182. The van der Waals surface area contributed by atoms with Crippen molar-refractivity contribution in [3.63, 3.8) is 0 Å². The summed E-state index contributed by atoms with van der Waals surface area (Å²) in [7, 11) is 0. The first-order valence-corrected chi connectivity index (χ1v) is 4.81. The molecule has 0 saturated heterocycles. The Morgan fingerprint density at radius 2 is 2.50 bits per heavy atom. The van der Waals surface area contributed by atoms with Crippen LogP contribution in [-0.2, 0) is 4.74 Å². The molecule has 0 fully saturated rings. The number of ether oxygens (including phenoxy) is 1. The highest BCUT2D eigenvalue weighted by molar-refractivity contribution is 5.98. The molecule has 0 atom stereocenters. The molecule has 0 aliphatic rings. The van der Waals surface area contributed by atoms with Crippen LogP contribution in [0.5, 0.6) is 0 Å². The Morgan fingerprint density at radius 1 is 1.69 bits per heavy atom. The number of carbonyl (C=O) groups excluding carboxylic acids is 1. The first-order chi connectivity index (χ1) is 7.77. The summed E-state index contributed by atoms with van der Waals surface area (Å²) in [5.41, 5.74) is 1.21. The summed E-state index contributed by atoms with van der Waals surface area (Å²) < 4.78 is 6.41. The second-order valence-electron chi connectivity index (χ2n) is 3.11. The SMILES string of the molecule is CCOC(=O)c1cccn2ncc(C#N)c12. The zero-order valence-electron chi connectivity index (χ0n) is 8.67. The second-order valence-corrected chi connectivity index (χ2v) is 3.11. The average molecular weight is 215 g/mol. The Labute approximate surface area is 91.9 Å². The molecule has 2 rings (SSSR count). The van der Waals surface area contributed by atoms with Gasteiger partial charge in [-0.05, 0) is 19.1 Å². The molecule has 80 valence electrons. The van der Waals surface area contributed by atoms with Gasteiger partial charge in [-0.25, -0.2) is 9.31 Å². The first kappa shape index (κ1) is 10.2. The fourth-order valence-corrected chi connectivity index (χ4v) is 1.50. The highest BCUT2D eigenvalue weighted by Crippen LogP contribution is 2.16. The third-order valence-electron chi connectivity index (χ3n) is 2.16. The molecule has 0 N–H and O–H groups in total. The van der Waals surface area contributed by atoms with Gasteiger partial charge in [0, 0.05) is 6.20 Å². The van der Waals surface area contributed by atoms with Crippen LogP contribution in [0.15, 0.2) is 24.5 Å². The molecule has 0 aliphatic heterocycles. The molecule has 0 saturated carbocycles. The highest BCUT2D eigenvalue weighted by atomic mass is 16.5. The molecule has 2 aromatic heterocycles. The summed E-state index contributed by atoms with van der Waals surface area (Å²) in [6.45, 7) is 2.04. The van der Waals surface area contributed by atoms with E-state index in [0.29, 0.717) is 23.3 Å². The Hall–Kier alpha value is -2.35. The zero-order chi connectivity index (χ0) is 11.5. The fourth-order valence-electron chi connectivity index (χ4n) is 1.50. The van der Waals surface area contributed by atoms with E-state index in [1.54, 1.807) is 25.3 Å². The molecule has 0 bridgehead atoms. The summed E-state index contributed by atoms with van der Waals surface area (Å²) in [5.74, 6) is -0.440. The van der Waals surface area contributed by atoms with Crippen molar-refractivity contribution < 1.29 is 9.53 Å². The van der Waals surface area contributed by atoms with Crippen molar-refractivity contribution in [1.29, 1.82) is 5.26 Å². The van der Waals surface area contributed by atoms with Gasteiger partial charge in [-0.1, -0.05) is 0 Å². The largest absolute Gasteiger partial charge is 0.462 e. The summed E-state index contributed by atoms with van der Waals surface area (Å²) in [6.07, 6.45) is 3.11. The smallest absolute Gasteiger partial charge is 0.340 e. The number of esters is 1. The first-order valence-electron chi connectivity index (χ1n) is 4.81. The Morgan fingerprint density at radius 3 is 3.19 bits per heavy atom. The summed E-state index contributed by atoms with van der Waals surface area (Å²) in [5, 5.41) is 12.9. The molecular weight excluding hydrogens is 206 g/mol. The van der Waals surface area contributed by atoms with Gasteiger partial charge >= 0.3 is 5.97 Å². The number of hydrogen-bond acceptors (Lipinski definition) is 4. The molecule has 2 aromatic rings. The van der Waals surface area contributed by atoms with Gasteiger partial charge in [0.05, 0.1) is 29.4 Å². The number of pyridine rings is 1. The van der Waals surface area contributed by atoms with Crippen molar-refractivity contribution in [2.24, 2.45) is 0 Å². The molecule has 5 nitrogen and oxygen atoms in total. The maximum absolute atomic E-state index is 11.7. The molecule has 0 aliphatic carbocycles. The van der Waals surface area contributed by atoms with Crippen molar-refractivity contribution in [2.75, 3.05) is 6.61 Å². The van der Waals surface area contributed by atoms with E-state index in [1.807, 2.05) is 6.07 Å². The number of rotatable bonds is 2. The van der Waals surface area contributed by atoms with E-state index in [4.69, 9.17) is 10.00 Å². The van der Waals surface area contributed by atoms with Crippen molar-refractivity contribution in [1.82, 2.24) is 9.61 Å². The van der Waals surface area contributed by atoms with E-state index >= 15 is 0 Å². The standard InChI is InChI=1S/C11H9N3O2/c1-2-16-11(15)9-4-3-5-14-10(9)8(6-12)7-13-14/h3-5,7H,2H2,1H3. The number of nitrogens with zero attached hydrogens (tertiary/aromatic N) is 3. The molecule has 16 heavy (non-hydrogen) atoms. The van der Waals surface area contributed by atoms with Gasteiger partial charge in [0.2, 0.25) is 0 Å². The zero-order valence-corrected chi connectivity index (χ0v) is 8.67. The molecule has 0 aromatic carbocycles. The van der Waals surface area contributed by atoms with E-state index in [-0.39, 0.29) is 0 Å². The monoisotopic (exact) mass is 215 g/mol. The van der Waals surface area contributed by atoms with Gasteiger partial charge < -0.3 is 4.74 Å². The van der Waals surface area contributed by atoms with Gasteiger partial charge in [0.15, 0.2) is 0 Å². The lowest BCUT2D eigenvalue weighted by atomic mass is 10.2. The van der Waals surface area contributed by atoms with Crippen molar-refractivity contribution in [3.8, 4) is 6.07 Å². The highest BCUT2D eigenvalue weighted by Gasteiger charge is 2.15. The lowest BCUT2D eigenvalue weighted by Crippen LogP contribution is -2.07. The summed E-state index contributed by atoms with van der Waals surface area (Å²) >= 11 is 0. The maximum atomic E-state index is 11.7. The second kappa shape index (κ2) is 4.03. The van der Waals surface area contributed by atoms with Gasteiger partial charge in [-0.2, -0.15) is 10.4 Å². The third-order valence-corrected chi connectivity index (χ3v) is 2.16. The maximum Gasteiger partial charge on any atom is 0.340 e. The van der Waals surface area contributed by atoms with Crippen LogP contribution in [-0.4, -0.2) is 22.2 Å². The average Bonchev–Trinajstić information content (AvgIpc) is 2.72. The Balaban J connectivity index is 2.65. The minimum absolute atomic E-state index is 0.301. The van der Waals surface area contributed by atoms with E-state index in [0.717, 1.165) is 0 Å². The minimum atomic E-state index is -0.440. The lowest BCUT2D eigenvalue weighted by Gasteiger charge is -2.03. The third kappa shape index (κ3) is 1.50. The van der Waals surface area contributed by atoms with Crippen LogP contribution in [0.3, 0.4) is 0 Å². The van der Waals surface area contributed by atoms with Crippen LogP contribution in [0.1, 0.15) is 22.8 Å². The van der Waals surface area contributed by atoms with Crippen molar-refractivity contribution >= 4 is 11.5 Å². The Bertz CT molecular complexity index is 580. The van der Waals surface area contributed by atoms with Crippen LogP contribution >= 0.6 is 0 Å². The van der Waals surface area contributed by atoms with Crippen LogP contribution in [0.2, 0.25) is 0 Å². The summed E-state index contributed by atoms with van der Waals surface area (Å²) in [6, 6.07) is 5.31. The van der Waals surface area contributed by atoms with Crippen LogP contribution in [0, 0.1) is 11.3 Å². The number of carbonyl (C=O) groups is 1. The van der Waals surface area contributed by atoms with Gasteiger partial charge in [0.1, 0.15) is 6.07 Å². The molecular formula is C11H9N3O2. The van der Waals surface area contributed by atoms with E-state index in [1.165, 1.54) is 10.7 Å². The predicted octanol–water partition coefficient (Wildman–Crippen LogP) is 1.38. The van der Waals surface area contributed by atoms with Crippen LogP contribution in [0.25, 0.3) is 5.52 Å². The van der Waals surface area contributed by atoms with E-state index in [9.17, 15) is 4.79 Å². The number of fused-ring (bicyclic) bond motifs is 1. The minimum Gasteiger partial charge on any atom is -0.462 e. The van der Waals surface area contributed by atoms with Gasteiger partial charge in [-0.15, -0.1) is 0 Å². The Kier molecular flexibility index (Phi) is 2.56. The lowest BCUT2D eigenvalue weighted by molar-refractivity contribution is 0.0528. The molecule has 2 heterocycles. The van der Waals surface area contributed by atoms with E-state index < -0.39 is 5.97 Å². The predicted molar refractivity (Wildman–Crippen MR) is 55.9 cm³/mol. The van der Waals surface area contributed by atoms with Gasteiger partial charge in [-0.3, -0.25) is 0 Å². The van der Waals surface area contributed by atoms with Crippen molar-refractivity contribution in [2.45, 2.75) is 6.92 Å². The molecule has 5 heteroatoms. The molecule has 0 unspecified atom stereocenters. The molecule has 0 spiro atoms. The van der Waals surface area contributed by atoms with Crippen molar-refractivity contribution in [3.05, 3.63) is 35.7 Å². The quantitative estimate of drug-likeness (QED) is 0.710. The van der Waals surface area contributed by atoms with Crippen LogP contribution < -0.4 is 0 Å². The van der Waals surface area contributed by atoms with Gasteiger partial charge in [0.25, 0.3) is 0 Å². The number of nitriles is 1. The summed E-state index contributed by atoms with van der Waals surface area (Å²) in [4.78, 5) is 11.7. The number of hydrogen-bond donors (Lipinski definition) is 0. The number of aromatic nitrogens is 2. The van der Waals surface area contributed by atoms with Crippen LogP contribution in [0.4, 0.5) is 0 Å². The normalized spacial score (nSPS) is 10.0. The molecule has 0 radical (unpaired) electrons. The van der Waals surface area contributed by atoms with E-state index in [2.05, 4.69) is 5.10 Å². The molecule has 0 amide bonds. The topological polar surface area (TPSA) is 67.4 Å².